The molecule has 0 atom stereocenters. The number of benzene rings is 1. The Balaban J connectivity index is 1.73. The molecule has 0 N–H and O–H groups in total. The van der Waals surface area contributed by atoms with Gasteiger partial charge in [0.25, 0.3) is 16.1 Å². The first-order valence-corrected chi connectivity index (χ1v) is 11.0. The number of aryl methyl sites for hydroxylation is 2. The maximum Gasteiger partial charge on any atom is 0.282 e. The van der Waals surface area contributed by atoms with Gasteiger partial charge < -0.3 is 4.90 Å². The normalized spacial score (nSPS) is 16.1. The summed E-state index contributed by atoms with van der Waals surface area (Å²) in [5.41, 5.74) is 3.71. The van der Waals surface area contributed by atoms with Gasteiger partial charge >= 0.3 is 0 Å². The number of piperazine rings is 1. The monoisotopic (exact) mass is 405 g/mol. The van der Waals surface area contributed by atoms with Gasteiger partial charge in [0.1, 0.15) is 0 Å². The standard InChI is InChI=1S/C19H27N5O3S/c1-5-23(6-2)28(26,27)24-11-9-22(10-12-24)19(25)16-7-8-17-18(13-16)21-15(4)14(3)20-17/h7-8,13H,5-6,9-12H2,1-4H3. The molecule has 0 spiro atoms. The second-order valence-corrected chi connectivity index (χ2v) is 8.81. The molecule has 8 nitrogen and oxygen atoms in total. The van der Waals surface area contributed by atoms with Crippen molar-refractivity contribution in [1.82, 2.24) is 23.5 Å². The van der Waals surface area contributed by atoms with Crippen LogP contribution in [0.2, 0.25) is 0 Å². The minimum absolute atomic E-state index is 0.109. The third kappa shape index (κ3) is 3.87. The molecule has 1 aromatic carbocycles. The molecule has 2 heterocycles. The first kappa shape index (κ1) is 20.6. The van der Waals surface area contributed by atoms with Crippen LogP contribution in [0, 0.1) is 13.8 Å². The zero-order valence-electron chi connectivity index (χ0n) is 16.8. The first-order valence-electron chi connectivity index (χ1n) is 9.57. The fourth-order valence-corrected chi connectivity index (χ4v) is 4.99. The highest BCUT2D eigenvalue weighted by molar-refractivity contribution is 7.86. The van der Waals surface area contributed by atoms with Crippen LogP contribution < -0.4 is 0 Å². The Labute approximate surface area is 166 Å². The van der Waals surface area contributed by atoms with Gasteiger partial charge in [0.2, 0.25) is 0 Å². The van der Waals surface area contributed by atoms with E-state index in [0.29, 0.717) is 50.3 Å². The molecule has 1 saturated heterocycles. The average Bonchev–Trinajstić information content (AvgIpc) is 2.69. The number of carbonyl (C=O) groups is 1. The summed E-state index contributed by atoms with van der Waals surface area (Å²) >= 11 is 0. The summed E-state index contributed by atoms with van der Waals surface area (Å²) in [5.74, 6) is -0.109. The minimum Gasteiger partial charge on any atom is -0.336 e. The molecule has 1 aliphatic heterocycles. The van der Waals surface area contributed by atoms with E-state index in [4.69, 9.17) is 0 Å². The van der Waals surface area contributed by atoms with Crippen LogP contribution >= 0.6 is 0 Å². The first-order chi connectivity index (χ1) is 13.3. The number of aromatic nitrogens is 2. The molecule has 9 heteroatoms. The molecule has 1 aliphatic rings. The fourth-order valence-electron chi connectivity index (χ4n) is 3.38. The maximum atomic E-state index is 12.9. The molecular formula is C19H27N5O3S. The van der Waals surface area contributed by atoms with Crippen molar-refractivity contribution in [2.24, 2.45) is 0 Å². The van der Waals surface area contributed by atoms with Gasteiger partial charge in [-0.2, -0.15) is 17.0 Å². The molecule has 3 rings (SSSR count). The van der Waals surface area contributed by atoms with Crippen molar-refractivity contribution in [3.63, 3.8) is 0 Å². The number of carbonyl (C=O) groups excluding carboxylic acids is 1. The predicted molar refractivity (Wildman–Crippen MR) is 108 cm³/mol. The summed E-state index contributed by atoms with van der Waals surface area (Å²) in [6, 6.07) is 5.33. The number of fused-ring (bicyclic) bond motifs is 1. The van der Waals surface area contributed by atoms with Crippen molar-refractivity contribution < 1.29 is 13.2 Å². The van der Waals surface area contributed by atoms with Gasteiger partial charge in [-0.15, -0.1) is 0 Å². The van der Waals surface area contributed by atoms with Crippen LogP contribution in [0.3, 0.4) is 0 Å². The van der Waals surface area contributed by atoms with E-state index in [2.05, 4.69) is 9.97 Å². The number of amides is 1. The van der Waals surface area contributed by atoms with Gasteiger partial charge in [0.05, 0.1) is 22.4 Å². The number of hydrogen-bond acceptors (Lipinski definition) is 5. The summed E-state index contributed by atoms with van der Waals surface area (Å²) in [6.07, 6.45) is 0. The van der Waals surface area contributed by atoms with E-state index < -0.39 is 10.2 Å². The molecule has 28 heavy (non-hydrogen) atoms. The van der Waals surface area contributed by atoms with Crippen LogP contribution in [-0.2, 0) is 10.2 Å². The van der Waals surface area contributed by atoms with Gasteiger partial charge in [-0.25, -0.2) is 9.97 Å². The lowest BCUT2D eigenvalue weighted by Gasteiger charge is -2.36. The van der Waals surface area contributed by atoms with Crippen molar-refractivity contribution in [3.8, 4) is 0 Å². The molecule has 0 unspecified atom stereocenters. The van der Waals surface area contributed by atoms with Gasteiger partial charge in [0.15, 0.2) is 0 Å². The van der Waals surface area contributed by atoms with E-state index in [1.54, 1.807) is 17.0 Å². The molecule has 152 valence electrons. The smallest absolute Gasteiger partial charge is 0.282 e. The van der Waals surface area contributed by atoms with Crippen molar-refractivity contribution in [2.45, 2.75) is 27.7 Å². The molecule has 0 bridgehead atoms. The van der Waals surface area contributed by atoms with Crippen LogP contribution in [-0.4, -0.2) is 77.1 Å². The van der Waals surface area contributed by atoms with E-state index >= 15 is 0 Å². The second-order valence-electron chi connectivity index (χ2n) is 6.88. The fraction of sp³-hybridized carbons (Fsp3) is 0.526. The summed E-state index contributed by atoms with van der Waals surface area (Å²) < 4.78 is 28.2. The van der Waals surface area contributed by atoms with Gasteiger partial charge in [-0.1, -0.05) is 13.8 Å². The Kier molecular flexibility index (Phi) is 5.97. The average molecular weight is 406 g/mol. The van der Waals surface area contributed by atoms with Crippen molar-refractivity contribution in [1.29, 1.82) is 0 Å². The summed E-state index contributed by atoms with van der Waals surface area (Å²) in [6.45, 7) is 9.68. The van der Waals surface area contributed by atoms with E-state index in [-0.39, 0.29) is 5.91 Å². The highest BCUT2D eigenvalue weighted by atomic mass is 32.2. The highest BCUT2D eigenvalue weighted by Gasteiger charge is 2.32. The Hall–Kier alpha value is -2.10. The zero-order valence-corrected chi connectivity index (χ0v) is 17.7. The molecule has 1 fully saturated rings. The van der Waals surface area contributed by atoms with Crippen LogP contribution in [0.5, 0.6) is 0 Å². The van der Waals surface area contributed by atoms with Crippen molar-refractivity contribution >= 4 is 27.1 Å². The van der Waals surface area contributed by atoms with Crippen LogP contribution in [0.4, 0.5) is 0 Å². The lowest BCUT2D eigenvalue weighted by Crippen LogP contribution is -2.54. The molecule has 0 radical (unpaired) electrons. The summed E-state index contributed by atoms with van der Waals surface area (Å²) in [5, 5.41) is 0. The van der Waals surface area contributed by atoms with Gasteiger partial charge in [0, 0.05) is 44.8 Å². The van der Waals surface area contributed by atoms with Crippen molar-refractivity contribution in [2.75, 3.05) is 39.3 Å². The Morgan fingerprint density at radius 3 is 2.14 bits per heavy atom. The Morgan fingerprint density at radius 1 is 1.00 bits per heavy atom. The number of rotatable bonds is 5. The zero-order chi connectivity index (χ0) is 20.5. The van der Waals surface area contributed by atoms with E-state index in [1.165, 1.54) is 8.61 Å². The van der Waals surface area contributed by atoms with E-state index in [9.17, 15) is 13.2 Å². The topological polar surface area (TPSA) is 86.7 Å². The Morgan fingerprint density at radius 2 is 1.57 bits per heavy atom. The van der Waals surface area contributed by atoms with E-state index in [0.717, 1.165) is 16.9 Å². The van der Waals surface area contributed by atoms with Crippen LogP contribution in [0.15, 0.2) is 18.2 Å². The number of hydrogen-bond donors (Lipinski definition) is 0. The predicted octanol–water partition coefficient (Wildman–Crippen LogP) is 1.59. The summed E-state index contributed by atoms with van der Waals surface area (Å²) in [7, 11) is -3.47. The molecule has 0 aliphatic carbocycles. The van der Waals surface area contributed by atoms with Crippen LogP contribution in [0.25, 0.3) is 11.0 Å². The molecule has 0 saturated carbocycles. The second kappa shape index (κ2) is 8.10. The molecule has 2 aromatic rings. The summed E-state index contributed by atoms with van der Waals surface area (Å²) in [4.78, 5) is 23.6. The highest BCUT2D eigenvalue weighted by Crippen LogP contribution is 2.18. The number of nitrogens with zero attached hydrogens (tertiary/aromatic N) is 5. The lowest BCUT2D eigenvalue weighted by molar-refractivity contribution is 0.0694. The molecular weight excluding hydrogens is 378 g/mol. The minimum atomic E-state index is -3.47. The molecule has 1 aromatic heterocycles. The Bertz CT molecular complexity index is 980. The van der Waals surface area contributed by atoms with Gasteiger partial charge in [-0.3, -0.25) is 4.79 Å². The quantitative estimate of drug-likeness (QED) is 0.754. The van der Waals surface area contributed by atoms with E-state index in [1.807, 2.05) is 33.8 Å². The van der Waals surface area contributed by atoms with Crippen molar-refractivity contribution in [3.05, 3.63) is 35.2 Å². The third-order valence-electron chi connectivity index (χ3n) is 5.21. The van der Waals surface area contributed by atoms with Crippen LogP contribution in [0.1, 0.15) is 35.6 Å². The largest absolute Gasteiger partial charge is 0.336 e. The van der Waals surface area contributed by atoms with Gasteiger partial charge in [-0.05, 0) is 32.0 Å². The third-order valence-corrected chi connectivity index (χ3v) is 7.39. The molecule has 1 amide bonds. The maximum absolute atomic E-state index is 12.9. The lowest BCUT2D eigenvalue weighted by atomic mass is 10.1. The SMILES string of the molecule is CCN(CC)S(=O)(=O)N1CCN(C(=O)c2ccc3nc(C)c(C)nc3c2)CC1.